The molecule has 0 aliphatic rings. The van der Waals surface area contributed by atoms with Gasteiger partial charge in [0.2, 0.25) is 0 Å². The van der Waals surface area contributed by atoms with E-state index in [0.717, 1.165) is 11.1 Å². The Morgan fingerprint density at radius 2 is 1.95 bits per heavy atom. The molecule has 2 aromatic rings. The van der Waals surface area contributed by atoms with E-state index in [1.165, 1.54) is 9.13 Å². The van der Waals surface area contributed by atoms with Gasteiger partial charge in [0, 0.05) is 32.0 Å². The molecule has 1 aromatic carbocycles. The van der Waals surface area contributed by atoms with Crippen molar-refractivity contribution in [2.24, 2.45) is 12.8 Å². The molecule has 1 atom stereocenters. The first kappa shape index (κ1) is 13.3. The Balaban J connectivity index is 2.29. The third-order valence-corrected chi connectivity index (χ3v) is 3.10. The molecule has 1 heterocycles. The summed E-state index contributed by atoms with van der Waals surface area (Å²) in [5, 5.41) is 0. The van der Waals surface area contributed by atoms with Gasteiger partial charge in [0.05, 0.1) is 0 Å². The predicted molar refractivity (Wildman–Crippen MR) is 74.1 cm³/mol. The van der Waals surface area contributed by atoms with Crippen molar-refractivity contribution in [2.45, 2.75) is 19.5 Å². The van der Waals surface area contributed by atoms with Gasteiger partial charge in [0.25, 0.3) is 0 Å². The number of hydrogen-bond donors (Lipinski definition) is 1. The smallest absolute Gasteiger partial charge is 0.316 e. The topological polar surface area (TPSA) is 70.0 Å². The first-order chi connectivity index (χ1) is 8.99. The van der Waals surface area contributed by atoms with Crippen LogP contribution in [0.1, 0.15) is 17.2 Å². The molecule has 0 bridgehead atoms. The van der Waals surface area contributed by atoms with Gasteiger partial charge in [-0.25, -0.2) is 0 Å². The van der Waals surface area contributed by atoms with Crippen LogP contribution in [0.25, 0.3) is 0 Å². The summed E-state index contributed by atoms with van der Waals surface area (Å²) in [6, 6.07) is 7.50. The largest absolute Gasteiger partial charge is 0.322 e. The molecule has 0 spiro atoms. The molecule has 19 heavy (non-hydrogen) atoms. The Morgan fingerprint density at radius 1 is 1.21 bits per heavy atom. The molecule has 1 aromatic heterocycles. The van der Waals surface area contributed by atoms with Crippen LogP contribution in [0.3, 0.4) is 0 Å². The highest BCUT2D eigenvalue weighted by atomic mass is 16.2. The maximum Gasteiger partial charge on any atom is 0.316 e. The number of nitrogens with zero attached hydrogens (tertiary/aromatic N) is 2. The molecule has 0 saturated carbocycles. The number of hydrogen-bond acceptors (Lipinski definition) is 3. The SMILES string of the molecule is Cc1cccc(C(N)Cn2ccn(C)c(=O)c2=O)c1. The van der Waals surface area contributed by atoms with Crippen LogP contribution in [-0.2, 0) is 13.6 Å². The molecule has 0 amide bonds. The van der Waals surface area contributed by atoms with Gasteiger partial charge in [0.15, 0.2) is 0 Å². The molecule has 0 radical (unpaired) electrons. The highest BCUT2D eigenvalue weighted by molar-refractivity contribution is 5.24. The van der Waals surface area contributed by atoms with Gasteiger partial charge < -0.3 is 14.9 Å². The van der Waals surface area contributed by atoms with Crippen molar-refractivity contribution < 1.29 is 0 Å². The Morgan fingerprint density at radius 3 is 2.63 bits per heavy atom. The van der Waals surface area contributed by atoms with E-state index in [-0.39, 0.29) is 6.04 Å². The van der Waals surface area contributed by atoms with Crippen LogP contribution in [0.4, 0.5) is 0 Å². The molecule has 0 fully saturated rings. The zero-order valence-corrected chi connectivity index (χ0v) is 11.0. The standard InChI is InChI=1S/C14H17N3O2/c1-10-4-3-5-11(8-10)12(15)9-17-7-6-16(2)13(18)14(17)19/h3-8,12H,9,15H2,1-2H3. The highest BCUT2D eigenvalue weighted by Crippen LogP contribution is 2.13. The van der Waals surface area contributed by atoms with E-state index in [9.17, 15) is 9.59 Å². The lowest BCUT2D eigenvalue weighted by molar-refractivity contribution is 0.547. The molecular weight excluding hydrogens is 242 g/mol. The Labute approximate surface area is 110 Å². The minimum Gasteiger partial charge on any atom is -0.322 e. The number of aromatic nitrogens is 2. The van der Waals surface area contributed by atoms with Gasteiger partial charge in [-0.05, 0) is 12.5 Å². The molecule has 0 aliphatic heterocycles. The second-order valence-corrected chi connectivity index (χ2v) is 4.69. The van der Waals surface area contributed by atoms with E-state index < -0.39 is 11.1 Å². The van der Waals surface area contributed by atoms with E-state index in [1.54, 1.807) is 19.4 Å². The fourth-order valence-corrected chi connectivity index (χ4v) is 1.95. The van der Waals surface area contributed by atoms with Crippen LogP contribution in [0.5, 0.6) is 0 Å². The molecule has 1 unspecified atom stereocenters. The zero-order valence-electron chi connectivity index (χ0n) is 11.0. The van der Waals surface area contributed by atoms with Crippen molar-refractivity contribution >= 4 is 0 Å². The van der Waals surface area contributed by atoms with Gasteiger partial charge in [-0.2, -0.15) is 0 Å². The van der Waals surface area contributed by atoms with Crippen LogP contribution >= 0.6 is 0 Å². The summed E-state index contributed by atoms with van der Waals surface area (Å²) in [5.74, 6) is 0. The van der Waals surface area contributed by atoms with Crippen molar-refractivity contribution in [1.29, 1.82) is 0 Å². The lowest BCUT2D eigenvalue weighted by Gasteiger charge is -2.14. The number of benzene rings is 1. The van der Waals surface area contributed by atoms with Crippen LogP contribution in [0.15, 0.2) is 46.2 Å². The summed E-state index contributed by atoms with van der Waals surface area (Å²) in [7, 11) is 1.55. The predicted octanol–water partition coefficient (Wildman–Crippen LogP) is 0.555. The van der Waals surface area contributed by atoms with Crippen molar-refractivity contribution in [3.05, 3.63) is 68.5 Å². The van der Waals surface area contributed by atoms with Crippen molar-refractivity contribution in [2.75, 3.05) is 0 Å². The number of nitrogens with two attached hydrogens (primary N) is 1. The summed E-state index contributed by atoms with van der Waals surface area (Å²) in [5.41, 5.74) is 7.06. The van der Waals surface area contributed by atoms with Crippen molar-refractivity contribution in [3.63, 3.8) is 0 Å². The lowest BCUT2D eigenvalue weighted by atomic mass is 10.1. The fraction of sp³-hybridized carbons (Fsp3) is 0.286. The number of rotatable bonds is 3. The summed E-state index contributed by atoms with van der Waals surface area (Å²) < 4.78 is 2.62. The lowest BCUT2D eigenvalue weighted by Crippen LogP contribution is -2.40. The van der Waals surface area contributed by atoms with Crippen LogP contribution in [0, 0.1) is 6.92 Å². The zero-order chi connectivity index (χ0) is 14.0. The molecule has 2 N–H and O–H groups in total. The highest BCUT2D eigenvalue weighted by Gasteiger charge is 2.09. The Hall–Kier alpha value is -2.14. The maximum absolute atomic E-state index is 11.8. The first-order valence-electron chi connectivity index (χ1n) is 6.07. The third-order valence-electron chi connectivity index (χ3n) is 3.10. The van der Waals surface area contributed by atoms with Gasteiger partial charge >= 0.3 is 11.1 Å². The fourth-order valence-electron chi connectivity index (χ4n) is 1.95. The maximum atomic E-state index is 11.8. The second kappa shape index (κ2) is 5.24. The first-order valence-corrected chi connectivity index (χ1v) is 6.07. The van der Waals surface area contributed by atoms with E-state index in [2.05, 4.69) is 0 Å². The normalized spacial score (nSPS) is 12.4. The Kier molecular flexibility index (Phi) is 3.66. The molecular formula is C14H17N3O2. The van der Waals surface area contributed by atoms with Crippen molar-refractivity contribution in [3.8, 4) is 0 Å². The minimum atomic E-state index is -0.548. The summed E-state index contributed by atoms with van der Waals surface area (Å²) in [6.45, 7) is 2.28. The van der Waals surface area contributed by atoms with E-state index in [4.69, 9.17) is 5.73 Å². The average Bonchev–Trinajstić information content (AvgIpc) is 2.39. The van der Waals surface area contributed by atoms with E-state index in [0.29, 0.717) is 6.54 Å². The van der Waals surface area contributed by atoms with Crippen molar-refractivity contribution in [1.82, 2.24) is 9.13 Å². The molecule has 0 saturated heterocycles. The van der Waals surface area contributed by atoms with E-state index >= 15 is 0 Å². The molecule has 5 heteroatoms. The minimum absolute atomic E-state index is 0.290. The average molecular weight is 259 g/mol. The molecule has 2 rings (SSSR count). The molecule has 5 nitrogen and oxygen atoms in total. The van der Waals surface area contributed by atoms with Crippen LogP contribution in [-0.4, -0.2) is 9.13 Å². The van der Waals surface area contributed by atoms with Crippen LogP contribution < -0.4 is 16.9 Å². The quantitative estimate of drug-likeness (QED) is 0.819. The van der Waals surface area contributed by atoms with E-state index in [1.807, 2.05) is 31.2 Å². The van der Waals surface area contributed by atoms with Gasteiger partial charge in [-0.15, -0.1) is 0 Å². The number of aryl methyl sites for hydroxylation is 2. The second-order valence-electron chi connectivity index (χ2n) is 4.69. The molecule has 0 aliphatic carbocycles. The van der Waals surface area contributed by atoms with Gasteiger partial charge in [0.1, 0.15) is 0 Å². The monoisotopic (exact) mass is 259 g/mol. The summed E-state index contributed by atoms with van der Waals surface area (Å²) >= 11 is 0. The summed E-state index contributed by atoms with van der Waals surface area (Å²) in [6.07, 6.45) is 3.14. The van der Waals surface area contributed by atoms with Gasteiger partial charge in [-0.3, -0.25) is 9.59 Å². The summed E-state index contributed by atoms with van der Waals surface area (Å²) in [4.78, 5) is 23.3. The van der Waals surface area contributed by atoms with Crippen LogP contribution in [0.2, 0.25) is 0 Å². The Bertz CT molecular complexity index is 700. The molecule has 100 valence electrons. The van der Waals surface area contributed by atoms with Gasteiger partial charge in [-0.1, -0.05) is 29.8 Å². The third kappa shape index (κ3) is 2.82.